The standard InChI is InChI=1S/C21H23N7/c1-25-7-9-27(10-8-25)21-4-3-16(12-22-21)19-11-17(18-13-24-26(2)14-18)15-28-20(19)5-6-23-28/h3-6,11-15H,7-10H2,1-2H3. The van der Waals surface area contributed by atoms with E-state index in [9.17, 15) is 0 Å². The van der Waals surface area contributed by atoms with E-state index in [4.69, 9.17) is 4.98 Å². The van der Waals surface area contributed by atoms with Crippen molar-refractivity contribution >= 4 is 11.3 Å². The number of hydrogen-bond acceptors (Lipinski definition) is 5. The van der Waals surface area contributed by atoms with Gasteiger partial charge in [-0.05, 0) is 31.3 Å². The summed E-state index contributed by atoms with van der Waals surface area (Å²) in [6.07, 6.45) is 9.75. The molecule has 0 bridgehead atoms. The van der Waals surface area contributed by atoms with Crippen LogP contribution in [0.25, 0.3) is 27.8 Å². The molecule has 0 aliphatic carbocycles. The van der Waals surface area contributed by atoms with E-state index in [0.717, 1.165) is 59.8 Å². The monoisotopic (exact) mass is 373 g/mol. The summed E-state index contributed by atoms with van der Waals surface area (Å²) in [5.74, 6) is 1.05. The number of pyridine rings is 2. The van der Waals surface area contributed by atoms with Gasteiger partial charge in [-0.15, -0.1) is 0 Å². The van der Waals surface area contributed by atoms with Crippen molar-refractivity contribution in [2.45, 2.75) is 0 Å². The molecule has 0 N–H and O–H groups in total. The first-order valence-corrected chi connectivity index (χ1v) is 9.54. The molecule has 1 saturated heterocycles. The first-order chi connectivity index (χ1) is 13.7. The number of likely N-dealkylation sites (N-methyl/N-ethyl adjacent to an activating group) is 1. The molecule has 7 nitrogen and oxygen atoms in total. The molecule has 5 heterocycles. The molecule has 142 valence electrons. The second kappa shape index (κ2) is 6.76. The smallest absolute Gasteiger partial charge is 0.128 e. The van der Waals surface area contributed by atoms with Gasteiger partial charge in [0.2, 0.25) is 0 Å². The van der Waals surface area contributed by atoms with Crippen LogP contribution in [-0.2, 0) is 7.05 Å². The molecule has 0 amide bonds. The molecule has 4 aromatic heterocycles. The van der Waals surface area contributed by atoms with Crippen molar-refractivity contribution in [1.29, 1.82) is 0 Å². The average molecular weight is 373 g/mol. The average Bonchev–Trinajstić information content (AvgIpc) is 3.37. The Bertz CT molecular complexity index is 1100. The molecule has 7 heteroatoms. The third-order valence-electron chi connectivity index (χ3n) is 5.43. The lowest BCUT2D eigenvalue weighted by molar-refractivity contribution is 0.312. The van der Waals surface area contributed by atoms with Gasteiger partial charge in [-0.2, -0.15) is 10.2 Å². The quantitative estimate of drug-likeness (QED) is 0.552. The van der Waals surface area contributed by atoms with E-state index in [0.29, 0.717) is 0 Å². The number of aryl methyl sites for hydroxylation is 1. The van der Waals surface area contributed by atoms with Gasteiger partial charge >= 0.3 is 0 Å². The van der Waals surface area contributed by atoms with Crippen LogP contribution in [0.1, 0.15) is 0 Å². The third-order valence-corrected chi connectivity index (χ3v) is 5.43. The number of nitrogens with zero attached hydrogens (tertiary/aromatic N) is 7. The van der Waals surface area contributed by atoms with E-state index >= 15 is 0 Å². The Balaban J connectivity index is 1.52. The summed E-state index contributed by atoms with van der Waals surface area (Å²) in [7, 11) is 4.10. The molecular weight excluding hydrogens is 350 g/mol. The maximum absolute atomic E-state index is 4.76. The van der Waals surface area contributed by atoms with Crippen LogP contribution in [0.3, 0.4) is 0 Å². The summed E-state index contributed by atoms with van der Waals surface area (Å²) >= 11 is 0. The van der Waals surface area contributed by atoms with Crippen LogP contribution < -0.4 is 4.90 Å². The second-order valence-electron chi connectivity index (χ2n) is 7.40. The van der Waals surface area contributed by atoms with Crippen LogP contribution >= 0.6 is 0 Å². The summed E-state index contributed by atoms with van der Waals surface area (Å²) < 4.78 is 3.74. The molecule has 0 aromatic carbocycles. The lowest BCUT2D eigenvalue weighted by Gasteiger charge is -2.33. The fourth-order valence-corrected chi connectivity index (χ4v) is 3.76. The molecule has 4 aromatic rings. The van der Waals surface area contributed by atoms with Crippen molar-refractivity contribution in [3.8, 4) is 22.3 Å². The molecule has 0 atom stereocenters. The van der Waals surface area contributed by atoms with E-state index < -0.39 is 0 Å². The van der Waals surface area contributed by atoms with Crippen molar-refractivity contribution < 1.29 is 0 Å². The number of anilines is 1. The summed E-state index contributed by atoms with van der Waals surface area (Å²) in [6, 6.07) is 8.53. The molecule has 0 saturated carbocycles. The lowest BCUT2D eigenvalue weighted by Crippen LogP contribution is -2.44. The van der Waals surface area contributed by atoms with Crippen molar-refractivity contribution in [2.75, 3.05) is 38.1 Å². The van der Waals surface area contributed by atoms with E-state index in [2.05, 4.69) is 45.2 Å². The predicted octanol–water partition coefficient (Wildman–Crippen LogP) is 2.55. The Labute approximate surface area is 163 Å². The van der Waals surface area contributed by atoms with Crippen LogP contribution in [0, 0.1) is 0 Å². The van der Waals surface area contributed by atoms with Crippen LogP contribution in [0.15, 0.2) is 55.2 Å². The van der Waals surface area contributed by atoms with Crippen LogP contribution in [0.2, 0.25) is 0 Å². The molecule has 1 aliphatic heterocycles. The Morgan fingerprint density at radius 1 is 0.821 bits per heavy atom. The maximum atomic E-state index is 4.76. The van der Waals surface area contributed by atoms with Crippen molar-refractivity contribution in [2.24, 2.45) is 7.05 Å². The van der Waals surface area contributed by atoms with E-state index in [1.54, 1.807) is 0 Å². The minimum Gasteiger partial charge on any atom is -0.354 e. The minimum atomic E-state index is 1.02. The zero-order valence-corrected chi connectivity index (χ0v) is 16.2. The van der Waals surface area contributed by atoms with Gasteiger partial charge in [-0.3, -0.25) is 4.68 Å². The first kappa shape index (κ1) is 16.9. The summed E-state index contributed by atoms with van der Waals surface area (Å²) in [4.78, 5) is 9.47. The fourth-order valence-electron chi connectivity index (χ4n) is 3.76. The normalized spacial score (nSPS) is 15.4. The van der Waals surface area contributed by atoms with Crippen LogP contribution in [-0.4, -0.2) is 62.5 Å². The van der Waals surface area contributed by atoms with E-state index in [1.807, 2.05) is 53.3 Å². The van der Waals surface area contributed by atoms with Gasteiger partial charge in [-0.1, -0.05) is 0 Å². The largest absolute Gasteiger partial charge is 0.354 e. The number of fused-ring (bicyclic) bond motifs is 1. The van der Waals surface area contributed by atoms with Gasteiger partial charge in [0.15, 0.2) is 0 Å². The zero-order valence-electron chi connectivity index (χ0n) is 16.2. The maximum Gasteiger partial charge on any atom is 0.128 e. The highest BCUT2D eigenvalue weighted by Crippen LogP contribution is 2.30. The fraction of sp³-hybridized carbons (Fsp3) is 0.286. The van der Waals surface area contributed by atoms with Gasteiger partial charge in [-0.25, -0.2) is 9.50 Å². The van der Waals surface area contributed by atoms with Crippen LogP contribution in [0.4, 0.5) is 5.82 Å². The van der Waals surface area contributed by atoms with E-state index in [1.165, 1.54) is 0 Å². The van der Waals surface area contributed by atoms with E-state index in [-0.39, 0.29) is 0 Å². The number of aromatic nitrogens is 5. The number of rotatable bonds is 3. The second-order valence-corrected chi connectivity index (χ2v) is 7.40. The van der Waals surface area contributed by atoms with Crippen LogP contribution in [0.5, 0.6) is 0 Å². The first-order valence-electron chi connectivity index (χ1n) is 9.54. The molecule has 1 fully saturated rings. The summed E-state index contributed by atoms with van der Waals surface area (Å²) in [5, 5.41) is 8.75. The minimum absolute atomic E-state index is 1.02. The Hall–Kier alpha value is -3.19. The zero-order chi connectivity index (χ0) is 19.1. The van der Waals surface area contributed by atoms with Crippen molar-refractivity contribution in [1.82, 2.24) is 29.3 Å². The Morgan fingerprint density at radius 2 is 1.68 bits per heavy atom. The van der Waals surface area contributed by atoms with Gasteiger partial charge in [0, 0.05) is 80.3 Å². The highest BCUT2D eigenvalue weighted by Gasteiger charge is 2.16. The molecule has 28 heavy (non-hydrogen) atoms. The Morgan fingerprint density at radius 3 is 2.39 bits per heavy atom. The number of piperazine rings is 1. The molecule has 5 rings (SSSR count). The van der Waals surface area contributed by atoms with Gasteiger partial charge in [0.25, 0.3) is 0 Å². The van der Waals surface area contributed by atoms with Crippen molar-refractivity contribution in [3.63, 3.8) is 0 Å². The van der Waals surface area contributed by atoms with Gasteiger partial charge in [0.1, 0.15) is 5.82 Å². The topological polar surface area (TPSA) is 54.5 Å². The molecule has 0 unspecified atom stereocenters. The summed E-state index contributed by atoms with van der Waals surface area (Å²) in [5.41, 5.74) is 5.44. The lowest BCUT2D eigenvalue weighted by atomic mass is 10.0. The number of hydrogen-bond donors (Lipinski definition) is 0. The van der Waals surface area contributed by atoms with Crippen molar-refractivity contribution in [3.05, 3.63) is 55.2 Å². The summed E-state index contributed by atoms with van der Waals surface area (Å²) in [6.45, 7) is 4.19. The predicted molar refractivity (Wildman–Crippen MR) is 110 cm³/mol. The SMILES string of the molecule is CN1CCN(c2ccc(-c3cc(-c4cnn(C)c4)cn4nccc34)cn2)CC1. The van der Waals surface area contributed by atoms with Gasteiger partial charge in [0.05, 0.1) is 11.7 Å². The third kappa shape index (κ3) is 3.03. The highest BCUT2D eigenvalue weighted by atomic mass is 15.3. The molecular formula is C21H23N7. The molecule has 0 radical (unpaired) electrons. The molecule has 1 aliphatic rings. The highest BCUT2D eigenvalue weighted by molar-refractivity contribution is 5.84. The van der Waals surface area contributed by atoms with Gasteiger partial charge < -0.3 is 9.80 Å². The Kier molecular flexibility index (Phi) is 4.09. The molecule has 0 spiro atoms.